The van der Waals surface area contributed by atoms with Crippen LogP contribution in [-0.4, -0.2) is 33.6 Å². The molecule has 2 atom stereocenters. The van der Waals surface area contributed by atoms with E-state index in [4.69, 9.17) is 9.47 Å². The largest absolute Gasteiger partial charge is 0.482 e. The molecule has 0 aromatic heterocycles. The van der Waals surface area contributed by atoms with Crippen LogP contribution in [0.3, 0.4) is 0 Å². The molecule has 2 unspecified atom stereocenters. The van der Waals surface area contributed by atoms with Gasteiger partial charge in [0.25, 0.3) is 5.91 Å². The van der Waals surface area contributed by atoms with Gasteiger partial charge < -0.3 is 14.8 Å². The number of sulfonamides is 1. The molecule has 138 valence electrons. The highest BCUT2D eigenvalue weighted by molar-refractivity contribution is 7.89. The van der Waals surface area contributed by atoms with Gasteiger partial charge in [0.05, 0.1) is 4.90 Å². The van der Waals surface area contributed by atoms with Gasteiger partial charge in [-0.25, -0.2) is 13.1 Å². The summed E-state index contributed by atoms with van der Waals surface area (Å²) in [7, 11) is -2.12. The number of amides is 1. The molecular weight excluding hydrogens is 356 g/mol. The lowest BCUT2D eigenvalue weighted by Crippen LogP contribution is -2.48. The lowest BCUT2D eigenvalue weighted by Gasteiger charge is -2.31. The van der Waals surface area contributed by atoms with Crippen LogP contribution >= 0.6 is 0 Å². The Balaban J connectivity index is 1.62. The number of carbonyl (C=O) groups is 1. The maximum Gasteiger partial charge on any atom is 0.265 e. The van der Waals surface area contributed by atoms with Crippen molar-refractivity contribution in [1.29, 1.82) is 0 Å². The second kappa shape index (κ2) is 7.35. The number of hydrogen-bond acceptors (Lipinski definition) is 5. The number of hydrogen-bond donors (Lipinski definition) is 2. The first-order valence-electron chi connectivity index (χ1n) is 8.13. The first kappa shape index (κ1) is 18.2. The summed E-state index contributed by atoms with van der Waals surface area (Å²) in [6.07, 6.45) is -1.18. The van der Waals surface area contributed by atoms with Gasteiger partial charge in [-0.1, -0.05) is 24.3 Å². The Labute approximate surface area is 152 Å². The van der Waals surface area contributed by atoms with Crippen LogP contribution in [0.25, 0.3) is 0 Å². The van der Waals surface area contributed by atoms with Crippen LogP contribution in [0.5, 0.6) is 11.5 Å². The predicted octanol–water partition coefficient (Wildman–Crippen LogP) is 1.44. The summed E-state index contributed by atoms with van der Waals surface area (Å²) in [5.74, 6) is 0.858. The first-order chi connectivity index (χ1) is 12.4. The zero-order valence-corrected chi connectivity index (χ0v) is 15.2. The van der Waals surface area contributed by atoms with Crippen LogP contribution in [0, 0.1) is 0 Å². The minimum absolute atomic E-state index is 0.171. The first-order valence-corrected chi connectivity index (χ1v) is 9.61. The summed E-state index contributed by atoms with van der Waals surface area (Å²) >= 11 is 0. The van der Waals surface area contributed by atoms with E-state index in [-0.39, 0.29) is 17.3 Å². The monoisotopic (exact) mass is 376 g/mol. The summed E-state index contributed by atoms with van der Waals surface area (Å²) < 4.78 is 37.1. The van der Waals surface area contributed by atoms with Gasteiger partial charge in [0, 0.05) is 6.54 Å². The molecule has 0 saturated carbocycles. The van der Waals surface area contributed by atoms with Crippen molar-refractivity contribution < 1.29 is 22.7 Å². The molecule has 0 radical (unpaired) electrons. The molecule has 3 rings (SSSR count). The average molecular weight is 376 g/mol. The molecule has 1 amide bonds. The Morgan fingerprint density at radius 1 is 1.04 bits per heavy atom. The van der Waals surface area contributed by atoms with E-state index in [9.17, 15) is 13.2 Å². The zero-order valence-electron chi connectivity index (χ0n) is 14.4. The van der Waals surface area contributed by atoms with Crippen molar-refractivity contribution in [3.8, 4) is 11.5 Å². The summed E-state index contributed by atoms with van der Waals surface area (Å²) in [6.45, 7) is 2.03. The molecule has 2 aromatic carbocycles. The summed E-state index contributed by atoms with van der Waals surface area (Å²) in [5.41, 5.74) is 0.776. The van der Waals surface area contributed by atoms with Crippen LogP contribution in [0.1, 0.15) is 12.5 Å². The third-order valence-electron chi connectivity index (χ3n) is 4.07. The molecule has 1 aliphatic rings. The van der Waals surface area contributed by atoms with E-state index >= 15 is 0 Å². The van der Waals surface area contributed by atoms with Crippen molar-refractivity contribution in [2.75, 3.05) is 7.05 Å². The lowest BCUT2D eigenvalue weighted by molar-refractivity contribution is -0.133. The Hall–Kier alpha value is -2.58. The van der Waals surface area contributed by atoms with Crippen molar-refractivity contribution in [1.82, 2.24) is 10.0 Å². The van der Waals surface area contributed by atoms with E-state index < -0.39 is 22.2 Å². The van der Waals surface area contributed by atoms with Crippen molar-refractivity contribution in [2.45, 2.75) is 30.6 Å². The molecule has 0 saturated heterocycles. The lowest BCUT2D eigenvalue weighted by atomic mass is 10.1. The standard InChI is InChI=1S/C18H20N2O5S/c1-12-17(25-16-6-4-3-5-15(16)24-12)18(21)20-11-13-7-9-14(10-8-13)26(22,23)19-2/h3-10,12,17,19H,11H2,1-2H3,(H,20,21). The third kappa shape index (κ3) is 3.81. The number of nitrogens with one attached hydrogen (secondary N) is 2. The van der Waals surface area contributed by atoms with E-state index in [0.29, 0.717) is 11.5 Å². The van der Waals surface area contributed by atoms with Gasteiger partial charge in [-0.3, -0.25) is 4.79 Å². The quantitative estimate of drug-likeness (QED) is 0.824. The summed E-state index contributed by atoms with van der Waals surface area (Å²) in [5, 5.41) is 2.79. The number of rotatable bonds is 5. The smallest absolute Gasteiger partial charge is 0.265 e. The highest BCUT2D eigenvalue weighted by atomic mass is 32.2. The van der Waals surface area contributed by atoms with Crippen molar-refractivity contribution >= 4 is 15.9 Å². The average Bonchev–Trinajstić information content (AvgIpc) is 2.66. The Kier molecular flexibility index (Phi) is 5.15. The van der Waals surface area contributed by atoms with Crippen LogP contribution in [0.2, 0.25) is 0 Å². The zero-order chi connectivity index (χ0) is 18.7. The topological polar surface area (TPSA) is 93.7 Å². The molecule has 0 spiro atoms. The molecule has 26 heavy (non-hydrogen) atoms. The fourth-order valence-electron chi connectivity index (χ4n) is 2.60. The van der Waals surface area contributed by atoms with Gasteiger partial charge in [0.15, 0.2) is 11.5 Å². The molecule has 0 aliphatic carbocycles. The summed E-state index contributed by atoms with van der Waals surface area (Å²) in [6, 6.07) is 13.5. The van der Waals surface area contributed by atoms with Gasteiger partial charge in [0.1, 0.15) is 6.10 Å². The highest BCUT2D eigenvalue weighted by Gasteiger charge is 2.33. The van der Waals surface area contributed by atoms with Crippen molar-refractivity contribution in [3.63, 3.8) is 0 Å². The molecule has 0 fully saturated rings. The maximum absolute atomic E-state index is 12.4. The molecule has 2 N–H and O–H groups in total. The molecular formula is C18H20N2O5S. The number of benzene rings is 2. The maximum atomic E-state index is 12.4. The van der Waals surface area contributed by atoms with Crippen LogP contribution in [0.4, 0.5) is 0 Å². The van der Waals surface area contributed by atoms with E-state index in [1.165, 1.54) is 19.2 Å². The number of carbonyl (C=O) groups excluding carboxylic acids is 1. The van der Waals surface area contributed by atoms with Crippen molar-refractivity contribution in [2.24, 2.45) is 0 Å². The Morgan fingerprint density at radius 3 is 2.27 bits per heavy atom. The summed E-state index contributed by atoms with van der Waals surface area (Å²) in [4.78, 5) is 12.6. The number of fused-ring (bicyclic) bond motifs is 1. The normalized spacial score (nSPS) is 19.0. The van der Waals surface area contributed by atoms with Gasteiger partial charge in [0.2, 0.25) is 16.1 Å². The Morgan fingerprint density at radius 2 is 1.65 bits per heavy atom. The molecule has 7 nitrogen and oxygen atoms in total. The van der Waals surface area contributed by atoms with Gasteiger partial charge in [-0.2, -0.15) is 0 Å². The van der Waals surface area contributed by atoms with E-state index in [1.807, 2.05) is 12.1 Å². The van der Waals surface area contributed by atoms with Crippen LogP contribution in [0.15, 0.2) is 53.4 Å². The number of para-hydroxylation sites is 2. The fourth-order valence-corrected chi connectivity index (χ4v) is 3.33. The second-order valence-corrected chi connectivity index (χ2v) is 7.76. The van der Waals surface area contributed by atoms with Crippen molar-refractivity contribution in [3.05, 3.63) is 54.1 Å². The molecule has 0 bridgehead atoms. The van der Waals surface area contributed by atoms with Gasteiger partial charge >= 0.3 is 0 Å². The second-order valence-electron chi connectivity index (χ2n) is 5.88. The fraction of sp³-hybridized carbons (Fsp3) is 0.278. The molecule has 8 heteroatoms. The molecule has 1 heterocycles. The minimum Gasteiger partial charge on any atom is -0.482 e. The highest BCUT2D eigenvalue weighted by Crippen LogP contribution is 2.33. The van der Waals surface area contributed by atoms with Crippen LogP contribution in [-0.2, 0) is 21.4 Å². The SMILES string of the molecule is CNS(=O)(=O)c1ccc(CNC(=O)C2Oc3ccccc3OC2C)cc1. The van der Waals surface area contributed by atoms with Gasteiger partial charge in [-0.15, -0.1) is 0 Å². The van der Waals surface area contributed by atoms with E-state index in [1.54, 1.807) is 31.2 Å². The van der Waals surface area contributed by atoms with Gasteiger partial charge in [-0.05, 0) is 43.8 Å². The Bertz CT molecular complexity index is 896. The minimum atomic E-state index is -3.47. The third-order valence-corrected chi connectivity index (χ3v) is 5.50. The van der Waals surface area contributed by atoms with Crippen LogP contribution < -0.4 is 19.5 Å². The van der Waals surface area contributed by atoms with E-state index in [2.05, 4.69) is 10.0 Å². The number of ether oxygens (including phenoxy) is 2. The molecule has 1 aliphatic heterocycles. The van der Waals surface area contributed by atoms with E-state index in [0.717, 1.165) is 5.56 Å². The predicted molar refractivity (Wildman–Crippen MR) is 95.5 cm³/mol. The molecule has 2 aromatic rings.